The lowest BCUT2D eigenvalue weighted by molar-refractivity contribution is -0.132. The zero-order valence-electron chi connectivity index (χ0n) is 21.4. The van der Waals surface area contributed by atoms with Crippen LogP contribution in [0, 0.1) is 19.8 Å². The van der Waals surface area contributed by atoms with Crippen LogP contribution in [0.4, 0.5) is 5.82 Å². The first kappa shape index (κ1) is 24.5. The van der Waals surface area contributed by atoms with Crippen LogP contribution < -0.4 is 5.32 Å². The Morgan fingerprint density at radius 1 is 1.22 bits per heavy atom. The van der Waals surface area contributed by atoms with Crippen LogP contribution in [0.5, 0.6) is 0 Å². The van der Waals surface area contributed by atoms with Crippen LogP contribution in [-0.4, -0.2) is 56.9 Å². The summed E-state index contributed by atoms with van der Waals surface area (Å²) in [5.74, 6) is 1.30. The van der Waals surface area contributed by atoms with E-state index in [1.165, 1.54) is 12.0 Å². The summed E-state index contributed by atoms with van der Waals surface area (Å²) in [6.45, 7) is 6.55. The maximum absolute atomic E-state index is 13.6. The zero-order chi connectivity index (χ0) is 25.1. The molecule has 2 aliphatic rings. The minimum atomic E-state index is -0.348. The number of amides is 1. The number of fused-ring (bicyclic) bond motifs is 1. The van der Waals surface area contributed by atoms with Gasteiger partial charge in [-0.15, -0.1) is 0 Å². The number of aliphatic hydroxyl groups is 1. The average Bonchev–Trinajstić information content (AvgIpc) is 3.51. The van der Waals surface area contributed by atoms with Gasteiger partial charge in [0.2, 0.25) is 5.91 Å². The van der Waals surface area contributed by atoms with Gasteiger partial charge in [0, 0.05) is 37.6 Å². The quantitative estimate of drug-likeness (QED) is 0.498. The van der Waals surface area contributed by atoms with Crippen LogP contribution in [0.1, 0.15) is 59.8 Å². The molecule has 5 rings (SSSR count). The highest BCUT2D eigenvalue weighted by atomic mass is 16.3. The fraction of sp³-hybridized carbons (Fsp3) is 0.483. The molecule has 0 spiro atoms. The molecule has 0 bridgehead atoms. The third kappa shape index (κ3) is 5.31. The summed E-state index contributed by atoms with van der Waals surface area (Å²) in [6.07, 6.45) is 5.69. The van der Waals surface area contributed by atoms with Gasteiger partial charge >= 0.3 is 0 Å². The number of aliphatic hydroxyl groups excluding tert-OH is 1. The number of aryl methyl sites for hydroxylation is 4. The largest absolute Gasteiger partial charge is 0.396 e. The number of rotatable bonds is 8. The number of benzene rings is 1. The van der Waals surface area contributed by atoms with E-state index in [4.69, 9.17) is 4.98 Å². The number of nitrogens with one attached hydrogen (secondary N) is 1. The third-order valence-corrected chi connectivity index (χ3v) is 7.60. The highest BCUT2D eigenvalue weighted by molar-refractivity contribution is 5.84. The van der Waals surface area contributed by atoms with Gasteiger partial charge in [-0.05, 0) is 93.7 Å². The normalized spacial score (nSPS) is 18.1. The summed E-state index contributed by atoms with van der Waals surface area (Å²) in [6, 6.07) is 14.5. The molecule has 3 aromatic rings. The van der Waals surface area contributed by atoms with Crippen molar-refractivity contribution < 1.29 is 9.90 Å². The Balaban J connectivity index is 1.23. The molecule has 0 saturated carbocycles. The molecule has 1 fully saturated rings. The first-order valence-electron chi connectivity index (χ1n) is 13.3. The van der Waals surface area contributed by atoms with Gasteiger partial charge in [-0.25, -0.2) is 9.67 Å². The molecule has 36 heavy (non-hydrogen) atoms. The third-order valence-electron chi connectivity index (χ3n) is 7.60. The van der Waals surface area contributed by atoms with E-state index < -0.39 is 0 Å². The Morgan fingerprint density at radius 2 is 2.11 bits per heavy atom. The number of hydrogen-bond acceptors (Lipinski definition) is 5. The molecule has 7 heteroatoms. The van der Waals surface area contributed by atoms with E-state index in [-0.39, 0.29) is 18.4 Å². The van der Waals surface area contributed by atoms with Gasteiger partial charge in [-0.2, -0.15) is 5.10 Å². The van der Waals surface area contributed by atoms with E-state index in [1.54, 1.807) is 0 Å². The molecule has 1 saturated heterocycles. The van der Waals surface area contributed by atoms with Gasteiger partial charge in [0.15, 0.2) is 0 Å². The summed E-state index contributed by atoms with van der Waals surface area (Å²) in [7, 11) is 0. The summed E-state index contributed by atoms with van der Waals surface area (Å²) < 4.78 is 1.91. The molecular formula is C29H37N5O2. The lowest BCUT2D eigenvalue weighted by atomic mass is 9.94. The SMILES string of the molecule is Cc1cc(C)n(-c2cccc([C@H](CCO)C(=O)N3CC[C@@H](CCc4ccc5c(n4)NCCC5)C3)c2)n1. The van der Waals surface area contributed by atoms with Gasteiger partial charge in [0.05, 0.1) is 17.3 Å². The fourth-order valence-electron chi connectivity index (χ4n) is 5.67. The van der Waals surface area contributed by atoms with Crippen molar-refractivity contribution in [3.05, 3.63) is 70.7 Å². The van der Waals surface area contributed by atoms with Gasteiger partial charge in [0.1, 0.15) is 5.82 Å². The highest BCUT2D eigenvalue weighted by Gasteiger charge is 2.31. The first-order valence-corrected chi connectivity index (χ1v) is 13.3. The molecular weight excluding hydrogens is 450 g/mol. The summed E-state index contributed by atoms with van der Waals surface area (Å²) in [5, 5.41) is 17.8. The van der Waals surface area contributed by atoms with Crippen LogP contribution in [0.25, 0.3) is 5.69 Å². The number of carbonyl (C=O) groups excluding carboxylic acids is 1. The van der Waals surface area contributed by atoms with Gasteiger partial charge in [0.25, 0.3) is 0 Å². The zero-order valence-corrected chi connectivity index (χ0v) is 21.4. The number of nitrogens with zero attached hydrogens (tertiary/aromatic N) is 4. The van der Waals surface area contributed by atoms with E-state index in [0.29, 0.717) is 12.3 Å². The van der Waals surface area contributed by atoms with Crippen molar-refractivity contribution in [3.8, 4) is 5.69 Å². The summed E-state index contributed by atoms with van der Waals surface area (Å²) >= 11 is 0. The second kappa shape index (κ2) is 10.8. The van der Waals surface area contributed by atoms with Gasteiger partial charge in [-0.1, -0.05) is 18.2 Å². The lowest BCUT2D eigenvalue weighted by Crippen LogP contribution is -2.34. The Hall–Kier alpha value is -3.19. The minimum absolute atomic E-state index is 0.0180. The van der Waals surface area contributed by atoms with Crippen molar-refractivity contribution in [3.63, 3.8) is 0 Å². The summed E-state index contributed by atoms with van der Waals surface area (Å²) in [5.41, 5.74) is 6.35. The van der Waals surface area contributed by atoms with E-state index in [0.717, 1.165) is 79.5 Å². The molecule has 0 unspecified atom stereocenters. The minimum Gasteiger partial charge on any atom is -0.396 e. The van der Waals surface area contributed by atoms with Crippen molar-refractivity contribution in [2.75, 3.05) is 31.6 Å². The predicted molar refractivity (Wildman–Crippen MR) is 142 cm³/mol. The monoisotopic (exact) mass is 487 g/mol. The Bertz CT molecular complexity index is 1220. The molecule has 0 radical (unpaired) electrons. The second-order valence-electron chi connectivity index (χ2n) is 10.3. The first-order chi connectivity index (χ1) is 17.5. The van der Waals surface area contributed by atoms with Crippen molar-refractivity contribution in [1.29, 1.82) is 0 Å². The van der Waals surface area contributed by atoms with Crippen molar-refractivity contribution in [2.45, 2.75) is 58.3 Å². The Kier molecular flexibility index (Phi) is 7.37. The smallest absolute Gasteiger partial charge is 0.230 e. The molecule has 2 N–H and O–H groups in total. The maximum atomic E-state index is 13.6. The molecule has 2 aromatic heterocycles. The van der Waals surface area contributed by atoms with E-state index >= 15 is 0 Å². The van der Waals surface area contributed by atoms with Crippen molar-refractivity contribution in [2.24, 2.45) is 5.92 Å². The molecule has 7 nitrogen and oxygen atoms in total. The molecule has 1 aromatic carbocycles. The molecule has 2 aliphatic heterocycles. The van der Waals surface area contributed by atoms with Gasteiger partial charge < -0.3 is 15.3 Å². The van der Waals surface area contributed by atoms with Crippen LogP contribution in [-0.2, 0) is 17.6 Å². The van der Waals surface area contributed by atoms with Crippen molar-refractivity contribution in [1.82, 2.24) is 19.7 Å². The number of anilines is 1. The molecule has 0 aliphatic carbocycles. The van der Waals surface area contributed by atoms with E-state index in [2.05, 4.69) is 22.5 Å². The molecule has 2 atom stereocenters. The Labute approximate surface area is 213 Å². The molecule has 190 valence electrons. The van der Waals surface area contributed by atoms with Crippen LogP contribution >= 0.6 is 0 Å². The molecule has 1 amide bonds. The number of aromatic nitrogens is 3. The predicted octanol–water partition coefficient (Wildman–Crippen LogP) is 4.19. The standard InChI is InChI=1S/C29H37N5O2/c1-20-17-21(2)34(32-20)26-7-3-5-24(18-26)27(13-16-35)29(36)33-15-12-22(19-33)8-10-25-11-9-23-6-4-14-30-28(23)31-25/h3,5,7,9,11,17-18,22,27,35H,4,6,8,10,12-16,19H2,1-2H3,(H,30,31)/t22-,27+/m1/s1. The number of likely N-dealkylation sites (tertiary alicyclic amines) is 1. The maximum Gasteiger partial charge on any atom is 0.230 e. The summed E-state index contributed by atoms with van der Waals surface area (Å²) in [4.78, 5) is 20.4. The van der Waals surface area contributed by atoms with Crippen LogP contribution in [0.2, 0.25) is 0 Å². The number of pyridine rings is 1. The van der Waals surface area contributed by atoms with Crippen molar-refractivity contribution >= 4 is 11.7 Å². The van der Waals surface area contributed by atoms with Gasteiger partial charge in [-0.3, -0.25) is 4.79 Å². The number of hydrogen-bond donors (Lipinski definition) is 2. The molecule has 4 heterocycles. The second-order valence-corrected chi connectivity index (χ2v) is 10.3. The van der Waals surface area contributed by atoms with E-state index in [1.807, 2.05) is 53.8 Å². The van der Waals surface area contributed by atoms with E-state index in [9.17, 15) is 9.90 Å². The van der Waals surface area contributed by atoms with Crippen LogP contribution in [0.15, 0.2) is 42.5 Å². The number of carbonyl (C=O) groups is 1. The highest BCUT2D eigenvalue weighted by Crippen LogP contribution is 2.29. The van der Waals surface area contributed by atoms with Crippen LogP contribution in [0.3, 0.4) is 0 Å². The Morgan fingerprint density at radius 3 is 2.92 bits per heavy atom. The lowest BCUT2D eigenvalue weighted by Gasteiger charge is -2.24. The fourth-order valence-corrected chi connectivity index (χ4v) is 5.67. The average molecular weight is 488 g/mol. The topological polar surface area (TPSA) is 83.3 Å².